The molecule has 1 aliphatic rings. The molecule has 40 heavy (non-hydrogen) atoms. The molecule has 1 saturated carbocycles. The Morgan fingerprint density at radius 1 is 1.05 bits per heavy atom. The Morgan fingerprint density at radius 3 is 2.60 bits per heavy atom. The number of ether oxygens (including phenoxy) is 2. The number of hydrogen-bond donors (Lipinski definition) is 1. The lowest BCUT2D eigenvalue weighted by molar-refractivity contribution is -0.118. The second kappa shape index (κ2) is 12.8. The van der Waals surface area contributed by atoms with Gasteiger partial charge in [0.15, 0.2) is 18.1 Å². The Kier molecular flexibility index (Phi) is 8.76. The van der Waals surface area contributed by atoms with Gasteiger partial charge in [-0.25, -0.2) is 4.98 Å². The van der Waals surface area contributed by atoms with Crippen LogP contribution in [-0.2, 0) is 4.79 Å². The predicted molar refractivity (Wildman–Crippen MR) is 158 cm³/mol. The standard InChI is InChI=1S/C31H31ClN4O4/c1-2-39-28-18-21(12-17-27(28)40-20-29(37)34-24-15-13-23(32)14-16-24)19-33-36-30(22-8-4-3-5-9-22)35-26-11-7-6-10-25(26)31(36)38/h6-7,10-19,22H,2-5,8-9,20H2,1H3,(H,34,37). The van der Waals surface area contributed by atoms with Gasteiger partial charge >= 0.3 is 0 Å². The molecule has 0 bridgehead atoms. The Hall–Kier alpha value is -4.17. The minimum atomic E-state index is -0.311. The maximum atomic E-state index is 13.5. The zero-order chi connectivity index (χ0) is 27.9. The molecule has 8 nitrogen and oxygen atoms in total. The van der Waals surface area contributed by atoms with Gasteiger partial charge in [-0.05, 0) is 79.9 Å². The van der Waals surface area contributed by atoms with E-state index in [-0.39, 0.29) is 24.0 Å². The third kappa shape index (κ3) is 6.51. The number of amides is 1. The van der Waals surface area contributed by atoms with Gasteiger partial charge in [0.25, 0.3) is 11.5 Å². The highest BCUT2D eigenvalue weighted by molar-refractivity contribution is 6.30. The SMILES string of the molecule is CCOc1cc(C=Nn2c(C3CCCCC3)nc3ccccc3c2=O)ccc1OCC(=O)Nc1ccc(Cl)cc1. The van der Waals surface area contributed by atoms with Gasteiger partial charge in [-0.15, -0.1) is 0 Å². The zero-order valence-electron chi connectivity index (χ0n) is 22.3. The molecule has 5 rings (SSSR count). The Labute approximate surface area is 237 Å². The predicted octanol–water partition coefficient (Wildman–Crippen LogP) is 6.40. The van der Waals surface area contributed by atoms with E-state index in [0.717, 1.165) is 31.2 Å². The van der Waals surface area contributed by atoms with Crippen LogP contribution in [0.3, 0.4) is 0 Å². The molecular formula is C31H31ClN4O4. The molecule has 0 unspecified atom stereocenters. The number of nitrogens with zero attached hydrogens (tertiary/aromatic N) is 3. The fraction of sp³-hybridized carbons (Fsp3) is 0.290. The highest BCUT2D eigenvalue weighted by Gasteiger charge is 2.22. The lowest BCUT2D eigenvalue weighted by atomic mass is 9.88. The maximum absolute atomic E-state index is 13.5. The average Bonchev–Trinajstić information content (AvgIpc) is 2.98. The molecule has 1 fully saturated rings. The van der Waals surface area contributed by atoms with Crippen molar-refractivity contribution in [1.29, 1.82) is 0 Å². The summed E-state index contributed by atoms with van der Waals surface area (Å²) in [4.78, 5) is 30.7. The summed E-state index contributed by atoms with van der Waals surface area (Å²) < 4.78 is 13.0. The third-order valence-corrected chi connectivity index (χ3v) is 7.08. The van der Waals surface area contributed by atoms with Gasteiger partial charge in [-0.3, -0.25) is 9.59 Å². The molecular weight excluding hydrogens is 528 g/mol. The van der Waals surface area contributed by atoms with Crippen LogP contribution in [0, 0.1) is 0 Å². The van der Waals surface area contributed by atoms with Crippen LogP contribution in [0.1, 0.15) is 56.3 Å². The number of carbonyl (C=O) groups excluding carboxylic acids is 1. The monoisotopic (exact) mass is 558 g/mol. The first-order valence-electron chi connectivity index (χ1n) is 13.5. The van der Waals surface area contributed by atoms with Crippen molar-refractivity contribution in [2.75, 3.05) is 18.5 Å². The first-order chi connectivity index (χ1) is 19.5. The third-order valence-electron chi connectivity index (χ3n) is 6.83. The summed E-state index contributed by atoms with van der Waals surface area (Å²) in [5, 5.41) is 8.50. The molecule has 1 N–H and O–H groups in total. The summed E-state index contributed by atoms with van der Waals surface area (Å²) >= 11 is 5.90. The number of hydrogen-bond acceptors (Lipinski definition) is 6. The van der Waals surface area contributed by atoms with Crippen LogP contribution in [0.5, 0.6) is 11.5 Å². The van der Waals surface area contributed by atoms with E-state index in [2.05, 4.69) is 10.4 Å². The molecule has 4 aromatic rings. The van der Waals surface area contributed by atoms with Crippen LogP contribution in [0.2, 0.25) is 5.02 Å². The lowest BCUT2D eigenvalue weighted by Gasteiger charge is -2.22. The maximum Gasteiger partial charge on any atom is 0.282 e. The highest BCUT2D eigenvalue weighted by atomic mass is 35.5. The summed E-state index contributed by atoms with van der Waals surface area (Å²) in [7, 11) is 0. The molecule has 3 aromatic carbocycles. The number of para-hydroxylation sites is 1. The van der Waals surface area contributed by atoms with Crippen LogP contribution < -0.4 is 20.3 Å². The first-order valence-corrected chi connectivity index (χ1v) is 13.9. The smallest absolute Gasteiger partial charge is 0.282 e. The number of halogens is 1. The van der Waals surface area contributed by atoms with E-state index in [1.165, 1.54) is 11.1 Å². The van der Waals surface area contributed by atoms with E-state index in [9.17, 15) is 9.59 Å². The van der Waals surface area contributed by atoms with Gasteiger partial charge in [0, 0.05) is 16.6 Å². The number of anilines is 1. The summed E-state index contributed by atoms with van der Waals surface area (Å²) in [5.74, 6) is 1.49. The van der Waals surface area contributed by atoms with Crippen molar-refractivity contribution in [2.45, 2.75) is 44.9 Å². The Bertz CT molecular complexity index is 1580. The van der Waals surface area contributed by atoms with Gasteiger partial charge < -0.3 is 14.8 Å². The summed E-state index contributed by atoms with van der Waals surface area (Å²) in [6.45, 7) is 2.08. The molecule has 1 amide bonds. The summed E-state index contributed by atoms with van der Waals surface area (Å²) in [6.07, 6.45) is 7.06. The average molecular weight is 559 g/mol. The Balaban J connectivity index is 1.37. The molecule has 206 valence electrons. The molecule has 0 radical (unpaired) electrons. The van der Waals surface area contributed by atoms with E-state index in [0.29, 0.717) is 45.5 Å². The van der Waals surface area contributed by atoms with E-state index in [1.807, 2.05) is 25.1 Å². The van der Waals surface area contributed by atoms with Gasteiger partial charge in [0.05, 0.1) is 23.7 Å². The molecule has 0 saturated heterocycles. The number of carbonyl (C=O) groups is 1. The van der Waals surface area contributed by atoms with Crippen molar-refractivity contribution in [3.63, 3.8) is 0 Å². The lowest BCUT2D eigenvalue weighted by Crippen LogP contribution is -2.25. The van der Waals surface area contributed by atoms with Crippen molar-refractivity contribution < 1.29 is 14.3 Å². The van der Waals surface area contributed by atoms with Crippen LogP contribution in [-0.4, -0.2) is 35.0 Å². The molecule has 1 aliphatic carbocycles. The minimum absolute atomic E-state index is 0.181. The second-order valence-corrected chi connectivity index (χ2v) is 10.1. The molecule has 0 spiro atoms. The van der Waals surface area contributed by atoms with Crippen molar-refractivity contribution >= 4 is 40.3 Å². The van der Waals surface area contributed by atoms with E-state index in [1.54, 1.807) is 54.7 Å². The fourth-order valence-electron chi connectivity index (χ4n) is 4.87. The van der Waals surface area contributed by atoms with Crippen LogP contribution in [0.15, 0.2) is 76.6 Å². The second-order valence-electron chi connectivity index (χ2n) is 9.67. The van der Waals surface area contributed by atoms with Crippen LogP contribution in [0.25, 0.3) is 10.9 Å². The quantitative estimate of drug-likeness (QED) is 0.240. The van der Waals surface area contributed by atoms with Crippen LogP contribution >= 0.6 is 11.6 Å². The number of benzene rings is 3. The molecule has 1 aromatic heterocycles. The topological polar surface area (TPSA) is 94.8 Å². The van der Waals surface area contributed by atoms with Gasteiger partial charge in [-0.2, -0.15) is 9.78 Å². The number of aromatic nitrogens is 2. The van der Waals surface area contributed by atoms with Crippen molar-refractivity contribution in [1.82, 2.24) is 9.66 Å². The van der Waals surface area contributed by atoms with Gasteiger partial charge in [0.1, 0.15) is 5.82 Å². The first kappa shape index (κ1) is 27.4. The van der Waals surface area contributed by atoms with Crippen molar-refractivity contribution in [2.24, 2.45) is 5.10 Å². The number of nitrogens with one attached hydrogen (secondary N) is 1. The van der Waals surface area contributed by atoms with E-state index in [4.69, 9.17) is 26.1 Å². The van der Waals surface area contributed by atoms with Crippen molar-refractivity contribution in [3.05, 3.63) is 93.5 Å². The molecule has 9 heteroatoms. The zero-order valence-corrected chi connectivity index (χ0v) is 23.1. The molecule has 0 aliphatic heterocycles. The number of rotatable bonds is 9. The molecule has 0 atom stereocenters. The van der Waals surface area contributed by atoms with Crippen molar-refractivity contribution in [3.8, 4) is 11.5 Å². The highest BCUT2D eigenvalue weighted by Crippen LogP contribution is 2.32. The normalized spacial score (nSPS) is 13.9. The largest absolute Gasteiger partial charge is 0.490 e. The molecule has 1 heterocycles. The summed E-state index contributed by atoms with van der Waals surface area (Å²) in [5.41, 5.74) is 1.86. The van der Waals surface area contributed by atoms with E-state index < -0.39 is 0 Å². The van der Waals surface area contributed by atoms with E-state index >= 15 is 0 Å². The Morgan fingerprint density at radius 2 is 1.82 bits per heavy atom. The van der Waals surface area contributed by atoms with Gasteiger partial charge in [0.2, 0.25) is 0 Å². The minimum Gasteiger partial charge on any atom is -0.490 e. The van der Waals surface area contributed by atoms with Gasteiger partial charge in [-0.1, -0.05) is 43.0 Å². The number of fused-ring (bicyclic) bond motifs is 1. The summed E-state index contributed by atoms with van der Waals surface area (Å²) in [6, 6.07) is 19.5. The van der Waals surface area contributed by atoms with Crippen LogP contribution in [0.4, 0.5) is 5.69 Å². The fourth-order valence-corrected chi connectivity index (χ4v) is 4.99.